The quantitative estimate of drug-likeness (QED) is 0.377. The number of nitrogens with zero attached hydrogens (tertiary/aromatic N) is 2. The second-order valence-electron chi connectivity index (χ2n) is 7.12. The van der Waals surface area contributed by atoms with Gasteiger partial charge in [0.15, 0.2) is 5.76 Å². The Morgan fingerprint density at radius 1 is 0.844 bits per heavy atom. The van der Waals surface area contributed by atoms with Crippen LogP contribution in [0.1, 0.15) is 10.4 Å². The molecular weight excluding hydrogens is 444 g/mol. The molecule has 0 radical (unpaired) electrons. The molecule has 0 bridgehead atoms. The molecular formula is C24H18N2O4S2. The largest absolute Gasteiger partial charge is 0.431 e. The first-order valence-electron chi connectivity index (χ1n) is 9.96. The zero-order valence-corrected chi connectivity index (χ0v) is 18.5. The smallest absolute Gasteiger partial charge is 0.269 e. The number of hydrogen-bond acceptors (Lipinski definition) is 6. The third-order valence-corrected chi connectivity index (χ3v) is 7.77. The summed E-state index contributed by atoms with van der Waals surface area (Å²) < 4.78 is 32.4. The molecule has 32 heavy (non-hydrogen) atoms. The normalized spacial score (nSPS) is 14.5. The molecule has 8 heteroatoms. The van der Waals surface area contributed by atoms with Gasteiger partial charge >= 0.3 is 0 Å². The summed E-state index contributed by atoms with van der Waals surface area (Å²) in [6, 6.07) is 25.7. The summed E-state index contributed by atoms with van der Waals surface area (Å²) in [5.41, 5.74) is 2.76. The lowest BCUT2D eigenvalue weighted by molar-refractivity contribution is 0.0876. The topological polar surface area (TPSA) is 80.5 Å². The van der Waals surface area contributed by atoms with Crippen LogP contribution in [0, 0.1) is 0 Å². The lowest BCUT2D eigenvalue weighted by atomic mass is 10.1. The summed E-state index contributed by atoms with van der Waals surface area (Å²) >= 11 is 1.28. The Morgan fingerprint density at radius 3 is 2.16 bits per heavy atom. The van der Waals surface area contributed by atoms with E-state index in [2.05, 4.69) is 4.98 Å². The van der Waals surface area contributed by atoms with E-state index in [0.29, 0.717) is 16.7 Å². The van der Waals surface area contributed by atoms with Crippen LogP contribution in [0.25, 0.3) is 22.6 Å². The van der Waals surface area contributed by atoms with Crippen molar-refractivity contribution in [1.29, 1.82) is 0 Å². The lowest BCUT2D eigenvalue weighted by Gasteiger charge is -2.13. The van der Waals surface area contributed by atoms with Crippen LogP contribution in [0.5, 0.6) is 0 Å². The van der Waals surface area contributed by atoms with Crippen molar-refractivity contribution in [3.63, 3.8) is 0 Å². The number of hydrogen-bond donors (Lipinski definition) is 0. The van der Waals surface area contributed by atoms with E-state index in [0.717, 1.165) is 21.1 Å². The van der Waals surface area contributed by atoms with Crippen molar-refractivity contribution in [2.24, 2.45) is 0 Å². The highest BCUT2D eigenvalue weighted by Gasteiger charge is 2.40. The molecule has 0 unspecified atom stereocenters. The average molecular weight is 463 g/mol. The zero-order valence-electron chi connectivity index (χ0n) is 16.8. The molecule has 0 atom stereocenters. The SMILES string of the molecule is O=C1c2ccccc2S(=O)(=O)N1CCSc1nc(-c2ccccc2)c(-c2ccccc2)o1. The number of carbonyl (C=O) groups is 1. The first-order chi connectivity index (χ1) is 15.6. The number of rotatable bonds is 6. The van der Waals surface area contributed by atoms with E-state index in [1.54, 1.807) is 12.1 Å². The minimum absolute atomic E-state index is 0.0320. The third kappa shape index (κ3) is 3.61. The Labute approximate surface area is 190 Å². The molecule has 4 aromatic rings. The second kappa shape index (κ2) is 8.29. The van der Waals surface area contributed by atoms with Gasteiger partial charge in [0.2, 0.25) is 0 Å². The molecule has 0 saturated carbocycles. The Balaban J connectivity index is 1.38. The zero-order chi connectivity index (χ0) is 22.1. The van der Waals surface area contributed by atoms with Gasteiger partial charge in [-0.15, -0.1) is 0 Å². The van der Waals surface area contributed by atoms with E-state index < -0.39 is 15.9 Å². The van der Waals surface area contributed by atoms with Gasteiger partial charge in [-0.05, 0) is 12.1 Å². The summed E-state index contributed by atoms with van der Waals surface area (Å²) in [6.07, 6.45) is 0. The van der Waals surface area contributed by atoms with Crippen LogP contribution in [-0.4, -0.2) is 35.9 Å². The highest BCUT2D eigenvalue weighted by molar-refractivity contribution is 7.99. The fourth-order valence-corrected chi connectivity index (χ4v) is 6.04. The van der Waals surface area contributed by atoms with E-state index in [1.807, 2.05) is 60.7 Å². The molecule has 6 nitrogen and oxygen atoms in total. The van der Waals surface area contributed by atoms with E-state index in [9.17, 15) is 13.2 Å². The molecule has 1 aliphatic heterocycles. The van der Waals surface area contributed by atoms with Crippen molar-refractivity contribution in [3.05, 3.63) is 90.5 Å². The maximum atomic E-state index is 12.7. The number of oxazole rings is 1. The summed E-state index contributed by atoms with van der Waals surface area (Å²) in [7, 11) is -3.82. The first kappa shape index (κ1) is 20.5. The maximum Gasteiger partial charge on any atom is 0.269 e. The molecule has 0 saturated heterocycles. The number of thioether (sulfide) groups is 1. The summed E-state index contributed by atoms with van der Waals surface area (Å²) in [5, 5.41) is 0.421. The molecule has 0 spiro atoms. The number of sulfonamides is 1. The van der Waals surface area contributed by atoms with Crippen molar-refractivity contribution >= 4 is 27.7 Å². The van der Waals surface area contributed by atoms with Gasteiger partial charge in [0.05, 0.1) is 5.56 Å². The summed E-state index contributed by atoms with van der Waals surface area (Å²) in [4.78, 5) is 17.3. The van der Waals surface area contributed by atoms with E-state index in [4.69, 9.17) is 4.42 Å². The molecule has 0 fully saturated rings. The highest BCUT2D eigenvalue weighted by atomic mass is 32.2. The first-order valence-corrected chi connectivity index (χ1v) is 12.4. The predicted octanol–water partition coefficient (Wildman–Crippen LogP) is 4.95. The van der Waals surface area contributed by atoms with Crippen molar-refractivity contribution in [3.8, 4) is 22.6 Å². The molecule has 3 aromatic carbocycles. The number of carbonyl (C=O) groups excluding carboxylic acids is 1. The van der Waals surface area contributed by atoms with Gasteiger partial charge in [0.1, 0.15) is 10.6 Å². The predicted molar refractivity (Wildman–Crippen MR) is 123 cm³/mol. The average Bonchev–Trinajstić information content (AvgIpc) is 3.34. The number of amides is 1. The van der Waals surface area contributed by atoms with E-state index in [1.165, 1.54) is 23.9 Å². The highest BCUT2D eigenvalue weighted by Crippen LogP contribution is 2.36. The van der Waals surface area contributed by atoms with Crippen molar-refractivity contribution in [2.75, 3.05) is 12.3 Å². The second-order valence-corrected chi connectivity index (χ2v) is 9.99. The van der Waals surface area contributed by atoms with Crippen LogP contribution < -0.4 is 0 Å². The molecule has 2 heterocycles. The minimum Gasteiger partial charge on any atom is -0.431 e. The van der Waals surface area contributed by atoms with E-state index >= 15 is 0 Å². The number of fused-ring (bicyclic) bond motifs is 1. The van der Waals surface area contributed by atoms with Crippen molar-refractivity contribution in [2.45, 2.75) is 10.1 Å². The van der Waals surface area contributed by atoms with Gasteiger partial charge in [-0.25, -0.2) is 17.7 Å². The molecule has 1 aliphatic rings. The standard InChI is InChI=1S/C24H18N2O4S2/c27-23-19-13-7-8-14-20(19)32(28,29)26(23)15-16-31-24-25-21(17-9-3-1-4-10-17)22(30-24)18-11-5-2-6-12-18/h1-14H,15-16H2. The van der Waals surface area contributed by atoms with Gasteiger partial charge in [-0.2, -0.15) is 0 Å². The van der Waals surface area contributed by atoms with E-state index in [-0.39, 0.29) is 17.0 Å². The van der Waals surface area contributed by atoms with Crippen LogP contribution in [0.2, 0.25) is 0 Å². The van der Waals surface area contributed by atoms with Crippen LogP contribution >= 0.6 is 11.8 Å². The molecule has 5 rings (SSSR count). The van der Waals surface area contributed by atoms with Crippen LogP contribution in [0.3, 0.4) is 0 Å². The molecule has 1 aromatic heterocycles. The Morgan fingerprint density at radius 2 is 1.47 bits per heavy atom. The van der Waals surface area contributed by atoms with Crippen molar-refractivity contribution < 1.29 is 17.6 Å². The fourth-order valence-electron chi connectivity index (χ4n) is 3.61. The molecule has 0 aliphatic carbocycles. The number of benzene rings is 3. The Bertz CT molecular complexity index is 1330. The Kier molecular flexibility index (Phi) is 5.32. The van der Waals surface area contributed by atoms with Crippen LogP contribution in [-0.2, 0) is 10.0 Å². The molecule has 0 N–H and O–H groups in total. The van der Waals surface area contributed by atoms with Gasteiger partial charge < -0.3 is 4.42 Å². The number of aromatic nitrogens is 1. The Hall–Kier alpha value is -3.36. The van der Waals surface area contributed by atoms with Gasteiger partial charge in [0.25, 0.3) is 21.2 Å². The summed E-state index contributed by atoms with van der Waals surface area (Å²) in [5.74, 6) is 0.474. The monoisotopic (exact) mass is 462 g/mol. The molecule has 160 valence electrons. The lowest BCUT2D eigenvalue weighted by Crippen LogP contribution is -2.32. The third-order valence-electron chi connectivity index (χ3n) is 5.12. The summed E-state index contributed by atoms with van der Waals surface area (Å²) in [6.45, 7) is 0.0320. The van der Waals surface area contributed by atoms with Crippen LogP contribution in [0.15, 0.2) is 99.5 Å². The minimum atomic E-state index is -3.82. The fraction of sp³-hybridized carbons (Fsp3) is 0.0833. The van der Waals surface area contributed by atoms with Crippen molar-refractivity contribution in [1.82, 2.24) is 9.29 Å². The van der Waals surface area contributed by atoms with Gasteiger partial charge in [-0.1, -0.05) is 84.6 Å². The van der Waals surface area contributed by atoms with Crippen LogP contribution in [0.4, 0.5) is 0 Å². The molecule has 1 amide bonds. The maximum absolute atomic E-state index is 12.7. The van der Waals surface area contributed by atoms with Gasteiger partial charge in [-0.3, -0.25) is 4.79 Å². The van der Waals surface area contributed by atoms with Gasteiger partial charge in [0, 0.05) is 23.4 Å².